The number of carbonyl (C=O) groups excluding carboxylic acids is 1. The molecule has 6 heteroatoms. The molecule has 1 amide bonds. The van der Waals surface area contributed by atoms with Gasteiger partial charge in [-0.1, -0.05) is 6.92 Å². The van der Waals surface area contributed by atoms with Gasteiger partial charge in [0.15, 0.2) is 0 Å². The largest absolute Gasteiger partial charge is 0.508 e. The first-order valence-corrected chi connectivity index (χ1v) is 5.33. The number of hydrogen-bond donors (Lipinski definition) is 3. The van der Waals surface area contributed by atoms with Crippen molar-refractivity contribution >= 4 is 11.9 Å². The lowest BCUT2D eigenvalue weighted by Crippen LogP contribution is -2.33. The molecule has 1 unspecified atom stereocenters. The van der Waals surface area contributed by atoms with Crippen molar-refractivity contribution in [3.63, 3.8) is 0 Å². The number of aliphatic carboxylic acids is 1. The zero-order valence-electron chi connectivity index (χ0n) is 10.1. The second-order valence-electron chi connectivity index (χ2n) is 4.13. The lowest BCUT2D eigenvalue weighted by molar-refractivity contribution is -0.141. The van der Waals surface area contributed by atoms with Crippen molar-refractivity contribution in [2.75, 3.05) is 13.6 Å². The van der Waals surface area contributed by atoms with Crippen LogP contribution in [0.15, 0.2) is 18.2 Å². The Hall–Kier alpha value is -2.24. The molecule has 1 aromatic carbocycles. The van der Waals surface area contributed by atoms with Crippen molar-refractivity contribution in [1.29, 1.82) is 0 Å². The Kier molecular flexibility index (Phi) is 4.14. The topological polar surface area (TPSA) is 98.1 Å². The van der Waals surface area contributed by atoms with Crippen LogP contribution in [0.4, 0.5) is 0 Å². The minimum absolute atomic E-state index is 0.0171. The third kappa shape index (κ3) is 3.13. The highest BCUT2D eigenvalue weighted by Crippen LogP contribution is 2.23. The molecule has 0 heterocycles. The number of aromatic hydroxyl groups is 2. The molecule has 1 aromatic rings. The van der Waals surface area contributed by atoms with Gasteiger partial charge in [0, 0.05) is 13.6 Å². The molecule has 18 heavy (non-hydrogen) atoms. The lowest BCUT2D eigenvalue weighted by atomic mass is 10.1. The van der Waals surface area contributed by atoms with Crippen LogP contribution in [0.3, 0.4) is 0 Å². The summed E-state index contributed by atoms with van der Waals surface area (Å²) < 4.78 is 0. The van der Waals surface area contributed by atoms with Crippen molar-refractivity contribution < 1.29 is 24.9 Å². The Labute approximate surface area is 104 Å². The summed E-state index contributed by atoms with van der Waals surface area (Å²) in [6, 6.07) is 3.60. The Morgan fingerprint density at radius 1 is 1.33 bits per heavy atom. The number of phenols is 2. The Bertz CT molecular complexity index is 472. The number of rotatable bonds is 4. The van der Waals surface area contributed by atoms with Gasteiger partial charge >= 0.3 is 5.97 Å². The molecule has 6 nitrogen and oxygen atoms in total. The summed E-state index contributed by atoms with van der Waals surface area (Å²) in [5.74, 6) is -2.66. The Morgan fingerprint density at radius 3 is 2.50 bits per heavy atom. The van der Waals surface area contributed by atoms with Gasteiger partial charge < -0.3 is 20.2 Å². The van der Waals surface area contributed by atoms with Crippen LogP contribution in [0, 0.1) is 5.92 Å². The van der Waals surface area contributed by atoms with Crippen LogP contribution in [0.1, 0.15) is 17.3 Å². The Morgan fingerprint density at radius 2 is 1.94 bits per heavy atom. The summed E-state index contributed by atoms with van der Waals surface area (Å²) in [4.78, 5) is 23.8. The van der Waals surface area contributed by atoms with E-state index in [9.17, 15) is 19.8 Å². The quantitative estimate of drug-likeness (QED) is 0.692. The van der Waals surface area contributed by atoms with Crippen LogP contribution in [0.5, 0.6) is 11.5 Å². The second kappa shape index (κ2) is 5.39. The van der Waals surface area contributed by atoms with Crippen LogP contribution in [0.25, 0.3) is 0 Å². The zero-order valence-corrected chi connectivity index (χ0v) is 10.1. The molecule has 1 atom stereocenters. The van der Waals surface area contributed by atoms with Crippen molar-refractivity contribution in [3.05, 3.63) is 23.8 Å². The molecular formula is C12H15NO5. The number of hydrogen-bond acceptors (Lipinski definition) is 4. The van der Waals surface area contributed by atoms with E-state index < -0.39 is 17.8 Å². The van der Waals surface area contributed by atoms with E-state index in [4.69, 9.17) is 5.11 Å². The summed E-state index contributed by atoms with van der Waals surface area (Å²) in [6.07, 6.45) is 0. The standard InChI is InChI=1S/C12H15NO5/c1-7(12(17)18)6-13(2)11(16)9-5-8(14)3-4-10(9)15/h3-5,7,14-15H,6H2,1-2H3,(H,17,18). The maximum atomic E-state index is 11.9. The minimum atomic E-state index is -1.00. The normalized spacial score (nSPS) is 11.9. The fourth-order valence-corrected chi connectivity index (χ4v) is 1.47. The zero-order chi connectivity index (χ0) is 13.9. The Balaban J connectivity index is 2.86. The average molecular weight is 253 g/mol. The third-order valence-electron chi connectivity index (χ3n) is 2.53. The second-order valence-corrected chi connectivity index (χ2v) is 4.13. The number of amides is 1. The van der Waals surface area contributed by atoms with Gasteiger partial charge in [-0.15, -0.1) is 0 Å². The fraction of sp³-hybridized carbons (Fsp3) is 0.333. The van der Waals surface area contributed by atoms with Crippen molar-refractivity contribution in [1.82, 2.24) is 4.90 Å². The number of benzene rings is 1. The molecule has 3 N–H and O–H groups in total. The minimum Gasteiger partial charge on any atom is -0.508 e. The molecule has 98 valence electrons. The summed E-state index contributed by atoms with van der Waals surface area (Å²) >= 11 is 0. The van der Waals surface area contributed by atoms with E-state index in [1.165, 1.54) is 31.0 Å². The predicted octanol–water partition coefficient (Wildman–Crippen LogP) is 0.890. The SMILES string of the molecule is CC(CN(C)C(=O)c1cc(O)ccc1O)C(=O)O. The number of carboxylic acids is 1. The molecule has 0 bridgehead atoms. The monoisotopic (exact) mass is 253 g/mol. The van der Waals surface area contributed by atoms with E-state index in [0.29, 0.717) is 0 Å². The maximum absolute atomic E-state index is 11.9. The van der Waals surface area contributed by atoms with E-state index in [0.717, 1.165) is 6.07 Å². The van der Waals surface area contributed by atoms with Crippen LogP contribution < -0.4 is 0 Å². The molecule has 0 aliphatic rings. The van der Waals surface area contributed by atoms with Crippen molar-refractivity contribution in [2.45, 2.75) is 6.92 Å². The number of phenolic OH excluding ortho intramolecular Hbond substituents is 2. The van der Waals surface area contributed by atoms with Crippen LogP contribution in [-0.4, -0.2) is 45.7 Å². The highest BCUT2D eigenvalue weighted by Gasteiger charge is 2.20. The lowest BCUT2D eigenvalue weighted by Gasteiger charge is -2.20. The molecule has 0 aromatic heterocycles. The number of carbonyl (C=O) groups is 2. The summed E-state index contributed by atoms with van der Waals surface area (Å²) in [7, 11) is 1.44. The van der Waals surface area contributed by atoms with Gasteiger partial charge in [0.2, 0.25) is 0 Å². The first-order valence-electron chi connectivity index (χ1n) is 5.33. The summed E-state index contributed by atoms with van der Waals surface area (Å²) in [5.41, 5.74) is -0.0601. The van der Waals surface area contributed by atoms with Crippen molar-refractivity contribution in [2.24, 2.45) is 5.92 Å². The summed E-state index contributed by atoms with van der Waals surface area (Å²) in [5, 5.41) is 27.5. The van der Waals surface area contributed by atoms with Gasteiger partial charge in [-0.25, -0.2) is 0 Å². The molecule has 0 aliphatic heterocycles. The first kappa shape index (κ1) is 13.8. The molecule has 0 aliphatic carbocycles. The van der Waals surface area contributed by atoms with Gasteiger partial charge in [-0.3, -0.25) is 9.59 Å². The fourth-order valence-electron chi connectivity index (χ4n) is 1.47. The average Bonchev–Trinajstić information content (AvgIpc) is 2.31. The van der Waals surface area contributed by atoms with Gasteiger partial charge in [-0.05, 0) is 18.2 Å². The van der Waals surface area contributed by atoms with Gasteiger partial charge in [0.05, 0.1) is 11.5 Å². The first-order chi connectivity index (χ1) is 8.32. The van der Waals surface area contributed by atoms with E-state index in [2.05, 4.69) is 0 Å². The van der Waals surface area contributed by atoms with Crippen LogP contribution >= 0.6 is 0 Å². The highest BCUT2D eigenvalue weighted by atomic mass is 16.4. The number of carboxylic acid groups (broad SMARTS) is 1. The molecule has 0 spiro atoms. The van der Waals surface area contributed by atoms with Gasteiger partial charge in [0.25, 0.3) is 5.91 Å². The third-order valence-corrected chi connectivity index (χ3v) is 2.53. The molecule has 0 fully saturated rings. The summed E-state index contributed by atoms with van der Waals surface area (Å²) in [6.45, 7) is 1.50. The van der Waals surface area contributed by atoms with E-state index in [-0.39, 0.29) is 23.6 Å². The molecular weight excluding hydrogens is 238 g/mol. The van der Waals surface area contributed by atoms with E-state index >= 15 is 0 Å². The van der Waals surface area contributed by atoms with Crippen molar-refractivity contribution in [3.8, 4) is 11.5 Å². The van der Waals surface area contributed by atoms with Crippen LogP contribution in [-0.2, 0) is 4.79 Å². The molecule has 1 rings (SSSR count). The maximum Gasteiger partial charge on any atom is 0.308 e. The molecule has 0 saturated carbocycles. The van der Waals surface area contributed by atoms with Gasteiger partial charge in [-0.2, -0.15) is 0 Å². The predicted molar refractivity (Wildman–Crippen MR) is 63.5 cm³/mol. The highest BCUT2D eigenvalue weighted by molar-refractivity contribution is 5.97. The smallest absolute Gasteiger partial charge is 0.308 e. The molecule has 0 radical (unpaired) electrons. The van der Waals surface area contributed by atoms with Crippen LogP contribution in [0.2, 0.25) is 0 Å². The van der Waals surface area contributed by atoms with E-state index in [1.54, 1.807) is 0 Å². The number of nitrogens with zero attached hydrogens (tertiary/aromatic N) is 1. The van der Waals surface area contributed by atoms with E-state index in [1.807, 2.05) is 0 Å². The molecule has 0 saturated heterocycles. The van der Waals surface area contributed by atoms with Gasteiger partial charge in [0.1, 0.15) is 11.5 Å².